The molecule has 0 saturated heterocycles. The van der Waals surface area contributed by atoms with Gasteiger partial charge in [0, 0.05) is 6.42 Å². The zero-order chi connectivity index (χ0) is 26.6. The molecule has 0 rings (SSSR count). The summed E-state index contributed by atoms with van der Waals surface area (Å²) in [6.45, 7) is 7.16. The van der Waals surface area contributed by atoms with Gasteiger partial charge in [0.2, 0.25) is 17.7 Å². The van der Waals surface area contributed by atoms with Gasteiger partial charge >= 0.3 is 17.9 Å². The van der Waals surface area contributed by atoms with Crippen LogP contribution < -0.4 is 21.7 Å². The molecular weight excluding hydrogens is 452 g/mol. The Morgan fingerprint density at radius 2 is 1.15 bits per heavy atom. The van der Waals surface area contributed by atoms with Crippen LogP contribution in [0.1, 0.15) is 59.8 Å². The molecule has 4 unspecified atom stereocenters. The number of carbonyl (C=O) groups excluding carboxylic acids is 3. The maximum absolute atomic E-state index is 12.8. The van der Waals surface area contributed by atoms with Crippen molar-refractivity contribution in [2.45, 2.75) is 84.0 Å². The highest BCUT2D eigenvalue weighted by Gasteiger charge is 2.32. The Balaban J connectivity index is 5.52. The topological polar surface area (TPSA) is 225 Å². The Kier molecular flexibility index (Phi) is 13.4. The van der Waals surface area contributed by atoms with Crippen LogP contribution in [-0.2, 0) is 28.8 Å². The number of hydrogen-bond donors (Lipinski definition) is 7. The maximum atomic E-state index is 12.8. The molecule has 194 valence electrons. The monoisotopic (exact) mass is 488 g/mol. The number of hydrogen-bond acceptors (Lipinski definition) is 7. The quantitative estimate of drug-likeness (QED) is 0.144. The molecule has 8 N–H and O–H groups in total. The molecule has 0 heterocycles. The van der Waals surface area contributed by atoms with Crippen molar-refractivity contribution in [2.24, 2.45) is 17.6 Å². The third-order valence-corrected chi connectivity index (χ3v) is 4.68. The first-order chi connectivity index (χ1) is 15.6. The summed E-state index contributed by atoms with van der Waals surface area (Å²) >= 11 is 0. The van der Waals surface area contributed by atoms with E-state index in [1.165, 1.54) is 0 Å². The van der Waals surface area contributed by atoms with Crippen molar-refractivity contribution in [1.82, 2.24) is 16.0 Å². The molecule has 0 aromatic rings. The van der Waals surface area contributed by atoms with Crippen LogP contribution >= 0.6 is 0 Å². The van der Waals surface area contributed by atoms with E-state index in [-0.39, 0.29) is 24.7 Å². The van der Waals surface area contributed by atoms with E-state index in [1.54, 1.807) is 13.8 Å². The van der Waals surface area contributed by atoms with Gasteiger partial charge in [0.25, 0.3) is 0 Å². The first kappa shape index (κ1) is 30.8. The molecule has 13 nitrogen and oxygen atoms in total. The fourth-order valence-corrected chi connectivity index (χ4v) is 3.05. The van der Waals surface area contributed by atoms with Gasteiger partial charge in [-0.3, -0.25) is 24.0 Å². The van der Waals surface area contributed by atoms with E-state index in [2.05, 4.69) is 16.0 Å². The normalized spacial score (nSPS) is 14.6. The van der Waals surface area contributed by atoms with Crippen LogP contribution in [0, 0.1) is 11.8 Å². The van der Waals surface area contributed by atoms with Gasteiger partial charge in [-0.05, 0) is 31.1 Å². The first-order valence-corrected chi connectivity index (χ1v) is 11.0. The second-order valence-electron chi connectivity index (χ2n) is 8.92. The van der Waals surface area contributed by atoms with Gasteiger partial charge in [-0.15, -0.1) is 0 Å². The van der Waals surface area contributed by atoms with Crippen LogP contribution in [0.4, 0.5) is 0 Å². The maximum Gasteiger partial charge on any atom is 0.326 e. The Labute approximate surface area is 197 Å². The van der Waals surface area contributed by atoms with Crippen LogP contribution in [-0.4, -0.2) is 75.1 Å². The van der Waals surface area contributed by atoms with Crippen LogP contribution in [0.5, 0.6) is 0 Å². The highest BCUT2D eigenvalue weighted by atomic mass is 16.4. The van der Waals surface area contributed by atoms with E-state index < -0.39 is 72.6 Å². The van der Waals surface area contributed by atoms with Gasteiger partial charge in [0.05, 0.1) is 12.5 Å². The fraction of sp³-hybridized carbons (Fsp3) is 0.714. The van der Waals surface area contributed by atoms with Crippen molar-refractivity contribution in [2.75, 3.05) is 0 Å². The molecule has 34 heavy (non-hydrogen) atoms. The molecule has 0 radical (unpaired) electrons. The third-order valence-electron chi connectivity index (χ3n) is 4.68. The summed E-state index contributed by atoms with van der Waals surface area (Å²) in [7, 11) is 0. The lowest BCUT2D eigenvalue weighted by molar-refractivity contribution is -0.144. The highest BCUT2D eigenvalue weighted by molar-refractivity contribution is 5.95. The summed E-state index contributed by atoms with van der Waals surface area (Å²) in [5.74, 6) is -6.67. The lowest BCUT2D eigenvalue weighted by atomic mass is 10.0. The largest absolute Gasteiger partial charge is 0.481 e. The lowest BCUT2D eigenvalue weighted by Crippen LogP contribution is -2.57. The molecule has 3 amide bonds. The smallest absolute Gasteiger partial charge is 0.326 e. The van der Waals surface area contributed by atoms with Gasteiger partial charge < -0.3 is 37.0 Å². The van der Waals surface area contributed by atoms with Gasteiger partial charge in [-0.2, -0.15) is 0 Å². The molecule has 13 heteroatoms. The molecule has 0 aromatic carbocycles. The molecule has 0 aliphatic carbocycles. The van der Waals surface area contributed by atoms with Crippen molar-refractivity contribution in [3.63, 3.8) is 0 Å². The standard InChI is InChI=1S/C21H36N4O9/c1-10(2)7-12(22)18(30)24-15(9-17(28)29)20(32)25-14(8-11(3)4)19(31)23-13(21(33)34)5-6-16(26)27/h10-15H,5-9,22H2,1-4H3,(H,23,31)(H,24,30)(H,25,32)(H,26,27)(H,28,29)(H,33,34). The second-order valence-corrected chi connectivity index (χ2v) is 8.92. The molecule has 0 aromatic heterocycles. The van der Waals surface area contributed by atoms with Crippen molar-refractivity contribution in [3.05, 3.63) is 0 Å². The minimum atomic E-state index is -1.52. The Bertz CT molecular complexity index is 755. The minimum absolute atomic E-state index is 0.0729. The minimum Gasteiger partial charge on any atom is -0.481 e. The number of carboxylic acid groups (broad SMARTS) is 3. The SMILES string of the molecule is CC(C)CC(N)C(=O)NC(CC(=O)O)C(=O)NC(CC(C)C)C(=O)NC(CCC(=O)O)C(=O)O. The number of nitrogens with one attached hydrogen (secondary N) is 3. The van der Waals surface area contributed by atoms with Crippen LogP contribution in [0.25, 0.3) is 0 Å². The Hall–Kier alpha value is -3.22. The number of nitrogens with two attached hydrogens (primary N) is 1. The number of carboxylic acids is 3. The van der Waals surface area contributed by atoms with E-state index >= 15 is 0 Å². The first-order valence-electron chi connectivity index (χ1n) is 11.0. The highest BCUT2D eigenvalue weighted by Crippen LogP contribution is 2.09. The van der Waals surface area contributed by atoms with E-state index in [1.807, 2.05) is 13.8 Å². The predicted molar refractivity (Wildman–Crippen MR) is 119 cm³/mol. The zero-order valence-corrected chi connectivity index (χ0v) is 19.9. The van der Waals surface area contributed by atoms with E-state index in [4.69, 9.17) is 15.9 Å². The molecule has 0 spiro atoms. The average molecular weight is 489 g/mol. The van der Waals surface area contributed by atoms with Crippen LogP contribution in [0.2, 0.25) is 0 Å². The summed E-state index contributed by atoms with van der Waals surface area (Å²) in [5, 5.41) is 34.0. The molecule has 0 aliphatic rings. The van der Waals surface area contributed by atoms with Crippen LogP contribution in [0.3, 0.4) is 0 Å². The third kappa shape index (κ3) is 12.7. The van der Waals surface area contributed by atoms with Crippen molar-refractivity contribution in [1.29, 1.82) is 0 Å². The van der Waals surface area contributed by atoms with Crippen LogP contribution in [0.15, 0.2) is 0 Å². The Morgan fingerprint density at radius 3 is 1.59 bits per heavy atom. The van der Waals surface area contributed by atoms with Gasteiger partial charge in [-0.25, -0.2) is 4.79 Å². The summed E-state index contributed by atoms with van der Waals surface area (Å²) in [4.78, 5) is 71.2. The predicted octanol–water partition coefficient (Wildman–Crippen LogP) is -0.716. The van der Waals surface area contributed by atoms with Crippen molar-refractivity contribution < 1.29 is 44.1 Å². The Morgan fingerprint density at radius 1 is 0.676 bits per heavy atom. The molecular formula is C21H36N4O9. The number of amides is 3. The number of carbonyl (C=O) groups is 6. The molecule has 0 fully saturated rings. The number of aliphatic carboxylic acids is 3. The number of rotatable bonds is 16. The van der Waals surface area contributed by atoms with E-state index in [0.717, 1.165) is 0 Å². The van der Waals surface area contributed by atoms with Crippen molar-refractivity contribution >= 4 is 35.6 Å². The molecule has 0 saturated carbocycles. The summed E-state index contributed by atoms with van der Waals surface area (Å²) < 4.78 is 0. The van der Waals surface area contributed by atoms with E-state index in [0.29, 0.717) is 6.42 Å². The summed E-state index contributed by atoms with van der Waals surface area (Å²) in [6, 6.07) is -5.24. The zero-order valence-electron chi connectivity index (χ0n) is 19.9. The molecule has 0 aliphatic heterocycles. The van der Waals surface area contributed by atoms with Gasteiger partial charge in [0.15, 0.2) is 0 Å². The van der Waals surface area contributed by atoms with Gasteiger partial charge in [-0.1, -0.05) is 27.7 Å². The lowest BCUT2D eigenvalue weighted by Gasteiger charge is -2.25. The van der Waals surface area contributed by atoms with Gasteiger partial charge in [0.1, 0.15) is 18.1 Å². The average Bonchev–Trinajstić information content (AvgIpc) is 2.68. The summed E-state index contributed by atoms with van der Waals surface area (Å²) in [6.07, 6.45) is -1.26. The van der Waals surface area contributed by atoms with E-state index in [9.17, 15) is 33.9 Å². The fourth-order valence-electron chi connectivity index (χ4n) is 3.05. The van der Waals surface area contributed by atoms with Crippen molar-refractivity contribution in [3.8, 4) is 0 Å². The molecule has 4 atom stereocenters. The molecule has 0 bridgehead atoms. The second kappa shape index (κ2) is 14.8. The summed E-state index contributed by atoms with van der Waals surface area (Å²) in [5.41, 5.74) is 5.79.